The lowest BCUT2D eigenvalue weighted by molar-refractivity contribution is 0.0946. The first kappa shape index (κ1) is 13.2. The van der Waals surface area contributed by atoms with E-state index in [0.29, 0.717) is 4.83 Å². The van der Waals surface area contributed by atoms with Gasteiger partial charge >= 0.3 is 0 Å². The van der Waals surface area contributed by atoms with Gasteiger partial charge in [-0.05, 0) is 36.0 Å². The molecule has 1 N–H and O–H groups in total. The predicted molar refractivity (Wildman–Crippen MR) is 80.7 cm³/mol. The molecule has 1 fully saturated rings. The fourth-order valence-electron chi connectivity index (χ4n) is 3.30. The van der Waals surface area contributed by atoms with E-state index >= 15 is 0 Å². The number of alkyl halides is 1. The van der Waals surface area contributed by atoms with Gasteiger partial charge in [-0.1, -0.05) is 53.7 Å². The van der Waals surface area contributed by atoms with E-state index in [9.17, 15) is 4.79 Å². The van der Waals surface area contributed by atoms with Gasteiger partial charge in [-0.2, -0.15) is 0 Å². The molecule has 19 heavy (non-hydrogen) atoms. The molecule has 0 saturated heterocycles. The van der Waals surface area contributed by atoms with Crippen LogP contribution in [0.3, 0.4) is 0 Å². The van der Waals surface area contributed by atoms with E-state index < -0.39 is 0 Å². The summed E-state index contributed by atoms with van der Waals surface area (Å²) in [6.45, 7) is 0.769. The molecule has 0 spiro atoms. The summed E-state index contributed by atoms with van der Waals surface area (Å²) in [5.41, 5.74) is 3.32. The number of amides is 1. The van der Waals surface area contributed by atoms with Crippen molar-refractivity contribution in [3.05, 3.63) is 34.9 Å². The molecule has 1 atom stereocenters. The Labute approximate surface area is 123 Å². The molecular weight excluding hydrogens is 302 g/mol. The Morgan fingerprint density at radius 1 is 1.32 bits per heavy atom. The van der Waals surface area contributed by atoms with Crippen molar-refractivity contribution in [3.63, 3.8) is 0 Å². The van der Waals surface area contributed by atoms with E-state index in [1.165, 1.54) is 43.2 Å². The quantitative estimate of drug-likeness (QED) is 0.838. The van der Waals surface area contributed by atoms with E-state index in [0.717, 1.165) is 24.4 Å². The van der Waals surface area contributed by atoms with Gasteiger partial charge in [0.2, 0.25) is 0 Å². The highest BCUT2D eigenvalue weighted by Gasteiger charge is 2.22. The minimum Gasteiger partial charge on any atom is -0.352 e. The van der Waals surface area contributed by atoms with Gasteiger partial charge in [0, 0.05) is 16.9 Å². The van der Waals surface area contributed by atoms with Crippen molar-refractivity contribution in [2.45, 2.75) is 43.4 Å². The standard InChI is InChI=1S/C16H20BrNO/c17-15(9-11-3-1-2-4-11)13-6-5-12-7-8-18-16(19)14(12)10-13/h5-6,10-11,15H,1-4,7-9H2,(H,18,19). The number of hydrogen-bond donors (Lipinski definition) is 1. The van der Waals surface area contributed by atoms with Crippen molar-refractivity contribution in [1.82, 2.24) is 5.32 Å². The average molecular weight is 322 g/mol. The first-order chi connectivity index (χ1) is 9.24. The Kier molecular flexibility index (Phi) is 3.92. The molecule has 1 aromatic rings. The van der Waals surface area contributed by atoms with Crippen LogP contribution in [-0.2, 0) is 6.42 Å². The number of hydrogen-bond acceptors (Lipinski definition) is 1. The molecule has 0 bridgehead atoms. The van der Waals surface area contributed by atoms with E-state index in [2.05, 4.69) is 39.4 Å². The zero-order chi connectivity index (χ0) is 13.2. The van der Waals surface area contributed by atoms with Gasteiger partial charge in [0.1, 0.15) is 0 Å². The summed E-state index contributed by atoms with van der Waals surface area (Å²) in [5.74, 6) is 0.943. The smallest absolute Gasteiger partial charge is 0.251 e. The second-order valence-electron chi connectivity index (χ2n) is 5.78. The first-order valence-corrected chi connectivity index (χ1v) is 8.20. The summed E-state index contributed by atoms with van der Waals surface area (Å²) >= 11 is 3.81. The van der Waals surface area contributed by atoms with Crippen LogP contribution in [0, 0.1) is 5.92 Å². The normalized spacial score (nSPS) is 21.0. The third kappa shape index (κ3) is 2.86. The van der Waals surface area contributed by atoms with Crippen LogP contribution in [0.5, 0.6) is 0 Å². The summed E-state index contributed by atoms with van der Waals surface area (Å²) in [7, 11) is 0. The zero-order valence-electron chi connectivity index (χ0n) is 11.1. The SMILES string of the molecule is O=C1NCCc2ccc(C(Br)CC3CCCC3)cc21. The Morgan fingerprint density at radius 2 is 2.11 bits per heavy atom. The van der Waals surface area contributed by atoms with Crippen LogP contribution < -0.4 is 5.32 Å². The fraction of sp³-hybridized carbons (Fsp3) is 0.562. The number of carbonyl (C=O) groups is 1. The van der Waals surface area contributed by atoms with Crippen LogP contribution in [0.1, 0.15) is 58.4 Å². The van der Waals surface area contributed by atoms with Crippen LogP contribution in [0.25, 0.3) is 0 Å². The fourth-order valence-corrected chi connectivity index (χ4v) is 4.11. The lowest BCUT2D eigenvalue weighted by Gasteiger charge is -2.20. The largest absolute Gasteiger partial charge is 0.352 e. The first-order valence-electron chi connectivity index (χ1n) is 7.29. The molecule has 1 aromatic carbocycles. The van der Waals surface area contributed by atoms with E-state index in [1.54, 1.807) is 0 Å². The zero-order valence-corrected chi connectivity index (χ0v) is 12.7. The highest BCUT2D eigenvalue weighted by Crippen LogP contribution is 2.37. The minimum absolute atomic E-state index is 0.0867. The molecule has 0 radical (unpaired) electrons. The van der Waals surface area contributed by atoms with Crippen molar-refractivity contribution >= 4 is 21.8 Å². The lowest BCUT2D eigenvalue weighted by Crippen LogP contribution is -2.31. The number of fused-ring (bicyclic) bond motifs is 1. The molecule has 1 amide bonds. The molecular formula is C16H20BrNO. The van der Waals surface area contributed by atoms with Gasteiger partial charge in [0.25, 0.3) is 5.91 Å². The Hall–Kier alpha value is -0.830. The van der Waals surface area contributed by atoms with Crippen LogP contribution in [0.15, 0.2) is 18.2 Å². The average Bonchev–Trinajstić information content (AvgIpc) is 2.92. The third-order valence-electron chi connectivity index (χ3n) is 4.44. The lowest BCUT2D eigenvalue weighted by atomic mass is 9.93. The maximum Gasteiger partial charge on any atom is 0.251 e. The molecule has 1 heterocycles. The molecule has 2 aliphatic rings. The van der Waals surface area contributed by atoms with Crippen LogP contribution in [0.2, 0.25) is 0 Å². The van der Waals surface area contributed by atoms with Crippen LogP contribution in [-0.4, -0.2) is 12.5 Å². The van der Waals surface area contributed by atoms with Gasteiger partial charge in [-0.3, -0.25) is 4.79 Å². The second-order valence-corrected chi connectivity index (χ2v) is 6.88. The number of nitrogens with one attached hydrogen (secondary N) is 1. The van der Waals surface area contributed by atoms with Crippen LogP contribution >= 0.6 is 15.9 Å². The molecule has 1 saturated carbocycles. The molecule has 1 unspecified atom stereocenters. The van der Waals surface area contributed by atoms with Crippen molar-refractivity contribution < 1.29 is 4.79 Å². The minimum atomic E-state index is 0.0867. The van der Waals surface area contributed by atoms with Crippen LogP contribution in [0.4, 0.5) is 0 Å². The third-order valence-corrected chi connectivity index (χ3v) is 5.34. The van der Waals surface area contributed by atoms with E-state index in [-0.39, 0.29) is 5.91 Å². The molecule has 102 valence electrons. The monoisotopic (exact) mass is 321 g/mol. The molecule has 2 nitrogen and oxygen atoms in total. The van der Waals surface area contributed by atoms with Crippen molar-refractivity contribution in [2.75, 3.05) is 6.54 Å². The van der Waals surface area contributed by atoms with Crippen molar-refractivity contribution in [2.24, 2.45) is 5.92 Å². The highest BCUT2D eigenvalue weighted by atomic mass is 79.9. The number of carbonyl (C=O) groups excluding carboxylic acids is 1. The molecule has 3 heteroatoms. The second kappa shape index (κ2) is 5.66. The Morgan fingerprint density at radius 3 is 2.89 bits per heavy atom. The topological polar surface area (TPSA) is 29.1 Å². The van der Waals surface area contributed by atoms with Crippen molar-refractivity contribution in [3.8, 4) is 0 Å². The molecule has 1 aliphatic heterocycles. The predicted octanol–water partition coefficient (Wildman–Crippen LogP) is 3.99. The molecule has 3 rings (SSSR count). The Bertz CT molecular complexity index is 480. The number of halogens is 1. The molecule has 1 aliphatic carbocycles. The molecule has 0 aromatic heterocycles. The van der Waals surface area contributed by atoms with E-state index in [1.807, 2.05) is 0 Å². The van der Waals surface area contributed by atoms with Crippen molar-refractivity contribution in [1.29, 1.82) is 0 Å². The van der Waals surface area contributed by atoms with Gasteiger partial charge in [0.05, 0.1) is 0 Å². The summed E-state index contributed by atoms with van der Waals surface area (Å²) < 4.78 is 0. The van der Waals surface area contributed by atoms with Gasteiger partial charge < -0.3 is 5.32 Å². The summed E-state index contributed by atoms with van der Waals surface area (Å²) in [4.78, 5) is 12.3. The van der Waals surface area contributed by atoms with Gasteiger partial charge in [0.15, 0.2) is 0 Å². The van der Waals surface area contributed by atoms with E-state index in [4.69, 9.17) is 0 Å². The summed E-state index contributed by atoms with van der Waals surface area (Å²) in [5, 5.41) is 2.92. The number of benzene rings is 1. The van der Waals surface area contributed by atoms with Gasteiger partial charge in [-0.25, -0.2) is 0 Å². The maximum atomic E-state index is 11.9. The number of rotatable bonds is 3. The maximum absolute atomic E-state index is 11.9. The summed E-state index contributed by atoms with van der Waals surface area (Å²) in [6, 6.07) is 6.40. The summed E-state index contributed by atoms with van der Waals surface area (Å²) in [6.07, 6.45) is 7.66. The highest BCUT2D eigenvalue weighted by molar-refractivity contribution is 9.09. The van der Waals surface area contributed by atoms with Gasteiger partial charge in [-0.15, -0.1) is 0 Å². The Balaban J connectivity index is 1.76.